The average Bonchev–Trinajstić information content (AvgIpc) is 3.67. The van der Waals surface area contributed by atoms with E-state index in [0.29, 0.717) is 36.6 Å². The van der Waals surface area contributed by atoms with Gasteiger partial charge < -0.3 is 18.9 Å². The van der Waals surface area contributed by atoms with Crippen LogP contribution in [0.15, 0.2) is 12.1 Å². The Morgan fingerprint density at radius 2 is 1.70 bits per heavy atom. The van der Waals surface area contributed by atoms with Crippen LogP contribution in [0.5, 0.6) is 5.75 Å². The molecule has 186 valence electrons. The Bertz CT molecular complexity index is 780. The van der Waals surface area contributed by atoms with Crippen molar-refractivity contribution >= 4 is 0 Å². The van der Waals surface area contributed by atoms with Crippen molar-refractivity contribution < 1.29 is 18.9 Å². The highest BCUT2D eigenvalue weighted by molar-refractivity contribution is 5.46. The molecule has 33 heavy (non-hydrogen) atoms. The number of hydrogen-bond donors (Lipinski definition) is 0. The Hall–Kier alpha value is -1.10. The van der Waals surface area contributed by atoms with Crippen LogP contribution >= 0.6 is 0 Å². The highest BCUT2D eigenvalue weighted by Crippen LogP contribution is 2.48. The van der Waals surface area contributed by atoms with E-state index in [1.165, 1.54) is 42.4 Å². The summed E-state index contributed by atoms with van der Waals surface area (Å²) in [7, 11) is 0. The van der Waals surface area contributed by atoms with Gasteiger partial charge >= 0.3 is 0 Å². The summed E-state index contributed by atoms with van der Waals surface area (Å²) in [6.07, 6.45) is 8.15. The zero-order chi connectivity index (χ0) is 23.6. The summed E-state index contributed by atoms with van der Waals surface area (Å²) in [5.74, 6) is 2.96. The van der Waals surface area contributed by atoms with Crippen LogP contribution in [-0.4, -0.2) is 44.7 Å². The summed E-state index contributed by atoms with van der Waals surface area (Å²) >= 11 is 0. The minimum absolute atomic E-state index is 0.121. The first-order valence-electron chi connectivity index (χ1n) is 13.4. The molecular weight excluding hydrogens is 412 g/mol. The second-order valence-electron chi connectivity index (χ2n) is 11.5. The van der Waals surface area contributed by atoms with E-state index in [9.17, 15) is 0 Å². The Kier molecular flexibility index (Phi) is 8.08. The van der Waals surface area contributed by atoms with E-state index in [1.807, 2.05) is 0 Å². The van der Waals surface area contributed by atoms with Crippen molar-refractivity contribution in [2.24, 2.45) is 17.8 Å². The number of epoxide rings is 2. The van der Waals surface area contributed by atoms with Crippen molar-refractivity contribution in [3.63, 3.8) is 0 Å². The second kappa shape index (κ2) is 10.7. The average molecular weight is 459 g/mol. The van der Waals surface area contributed by atoms with E-state index in [2.05, 4.69) is 53.7 Å². The molecule has 2 heterocycles. The predicted molar refractivity (Wildman–Crippen MR) is 133 cm³/mol. The third-order valence-electron chi connectivity index (χ3n) is 8.26. The van der Waals surface area contributed by atoms with Gasteiger partial charge in [-0.2, -0.15) is 0 Å². The first-order chi connectivity index (χ1) is 15.8. The smallest absolute Gasteiger partial charge is 0.125 e. The van der Waals surface area contributed by atoms with Crippen LogP contribution in [0, 0.1) is 24.7 Å². The second-order valence-corrected chi connectivity index (χ2v) is 11.5. The molecule has 4 rings (SSSR count). The number of hydrogen-bond acceptors (Lipinski definition) is 4. The highest BCUT2D eigenvalue weighted by atomic mass is 16.6. The molecule has 2 saturated heterocycles. The molecule has 1 aromatic rings. The lowest BCUT2D eigenvalue weighted by molar-refractivity contribution is -0.0709. The van der Waals surface area contributed by atoms with Crippen molar-refractivity contribution in [3.8, 4) is 5.75 Å². The molecule has 0 radical (unpaired) electrons. The fourth-order valence-electron chi connectivity index (χ4n) is 6.03. The minimum Gasteiger partial charge on any atom is -0.490 e. The van der Waals surface area contributed by atoms with Crippen LogP contribution < -0.4 is 4.74 Å². The van der Waals surface area contributed by atoms with Crippen molar-refractivity contribution in [3.05, 3.63) is 28.8 Å². The van der Waals surface area contributed by atoms with Gasteiger partial charge in [0, 0.05) is 0 Å². The molecule has 0 bridgehead atoms. The van der Waals surface area contributed by atoms with Crippen LogP contribution in [0.25, 0.3) is 0 Å². The fraction of sp³-hybridized carbons (Fsp3) is 0.793. The lowest BCUT2D eigenvalue weighted by Crippen LogP contribution is -2.44. The standard InChI is InChI=1S/C29H46O4/c1-7-9-21-13-23(11-19(3)27(21)32-17-25-15-30-25)29(5,6)24-12-20(4)28(22(14-24)10-8-2)33-18-26-16-31-26/h11,13,20,22,24-26,28H,7-10,12,14-18H2,1-6H3/t20?,22?,24?,25-,26?,28?/m0/s1. The zero-order valence-electron chi connectivity index (χ0n) is 21.8. The zero-order valence-corrected chi connectivity index (χ0v) is 21.8. The van der Waals surface area contributed by atoms with Gasteiger partial charge in [-0.3, -0.25) is 0 Å². The van der Waals surface area contributed by atoms with Crippen LogP contribution in [0.1, 0.15) is 83.4 Å². The summed E-state index contributed by atoms with van der Waals surface area (Å²) < 4.78 is 23.4. The van der Waals surface area contributed by atoms with Gasteiger partial charge in [-0.25, -0.2) is 0 Å². The van der Waals surface area contributed by atoms with Gasteiger partial charge in [-0.1, -0.05) is 59.6 Å². The van der Waals surface area contributed by atoms with Crippen LogP contribution in [0.2, 0.25) is 0 Å². The maximum Gasteiger partial charge on any atom is 0.125 e. The largest absolute Gasteiger partial charge is 0.490 e. The molecule has 4 nitrogen and oxygen atoms in total. The van der Waals surface area contributed by atoms with Gasteiger partial charge in [0.15, 0.2) is 0 Å². The molecule has 1 aromatic carbocycles. The minimum atomic E-state index is 0.121. The molecule has 3 fully saturated rings. The Morgan fingerprint density at radius 3 is 2.33 bits per heavy atom. The molecule has 4 heteroatoms. The van der Waals surface area contributed by atoms with Gasteiger partial charge in [-0.15, -0.1) is 0 Å². The monoisotopic (exact) mass is 458 g/mol. The van der Waals surface area contributed by atoms with Gasteiger partial charge in [0.2, 0.25) is 0 Å². The molecule has 6 atom stereocenters. The molecule has 0 amide bonds. The number of aryl methyl sites for hydroxylation is 2. The summed E-state index contributed by atoms with van der Waals surface area (Å²) in [6, 6.07) is 4.85. The Morgan fingerprint density at radius 1 is 1.00 bits per heavy atom. The van der Waals surface area contributed by atoms with Gasteiger partial charge in [0.25, 0.3) is 0 Å². The molecular formula is C29H46O4. The number of benzene rings is 1. The van der Waals surface area contributed by atoms with Gasteiger partial charge in [0.05, 0.1) is 25.9 Å². The molecule has 0 spiro atoms. The van der Waals surface area contributed by atoms with Crippen molar-refractivity contribution in [1.29, 1.82) is 0 Å². The van der Waals surface area contributed by atoms with Gasteiger partial charge in [0.1, 0.15) is 24.6 Å². The molecule has 2 aliphatic heterocycles. The van der Waals surface area contributed by atoms with Crippen molar-refractivity contribution in [2.75, 3.05) is 26.4 Å². The fourth-order valence-corrected chi connectivity index (χ4v) is 6.03. The number of rotatable bonds is 12. The quantitative estimate of drug-likeness (QED) is 0.347. The Labute approximate surface area is 201 Å². The topological polar surface area (TPSA) is 43.5 Å². The van der Waals surface area contributed by atoms with Crippen LogP contribution in [0.4, 0.5) is 0 Å². The first kappa shape index (κ1) is 25.0. The summed E-state index contributed by atoms with van der Waals surface area (Å²) in [5.41, 5.74) is 4.22. The van der Waals surface area contributed by atoms with E-state index >= 15 is 0 Å². The maximum atomic E-state index is 6.44. The predicted octanol–water partition coefficient (Wildman–Crippen LogP) is 6.25. The SMILES string of the molecule is CCCc1cc(C(C)(C)C2CC(C)C(OCC3CO3)C(CCC)C2)cc(C)c1OC[C@@H]1CO1. The molecule has 0 N–H and O–H groups in total. The number of ether oxygens (including phenoxy) is 4. The van der Waals surface area contributed by atoms with E-state index < -0.39 is 0 Å². The normalized spacial score (nSPS) is 31.5. The highest BCUT2D eigenvalue weighted by Gasteiger charge is 2.43. The van der Waals surface area contributed by atoms with E-state index in [-0.39, 0.29) is 11.5 Å². The summed E-state index contributed by atoms with van der Waals surface area (Å²) in [5, 5.41) is 0. The molecule has 5 unspecified atom stereocenters. The van der Waals surface area contributed by atoms with Crippen molar-refractivity contribution in [2.45, 2.75) is 104 Å². The van der Waals surface area contributed by atoms with Crippen LogP contribution in [-0.2, 0) is 26.0 Å². The lowest BCUT2D eigenvalue weighted by Gasteiger charge is -2.47. The first-order valence-corrected chi connectivity index (χ1v) is 13.4. The molecule has 1 saturated carbocycles. The molecule has 3 aliphatic rings. The maximum absolute atomic E-state index is 6.44. The van der Waals surface area contributed by atoms with E-state index in [1.54, 1.807) is 0 Å². The third kappa shape index (κ3) is 6.13. The van der Waals surface area contributed by atoms with E-state index in [0.717, 1.165) is 38.4 Å². The van der Waals surface area contributed by atoms with Crippen molar-refractivity contribution in [1.82, 2.24) is 0 Å². The van der Waals surface area contributed by atoms with Gasteiger partial charge in [-0.05, 0) is 72.5 Å². The molecule has 0 aromatic heterocycles. The van der Waals surface area contributed by atoms with Crippen LogP contribution in [0.3, 0.4) is 0 Å². The lowest BCUT2D eigenvalue weighted by atomic mass is 9.61. The summed E-state index contributed by atoms with van der Waals surface area (Å²) in [6.45, 7) is 17.3. The summed E-state index contributed by atoms with van der Waals surface area (Å²) in [4.78, 5) is 0. The Balaban J connectivity index is 1.53. The van der Waals surface area contributed by atoms with E-state index in [4.69, 9.17) is 18.9 Å². The molecule has 1 aliphatic carbocycles. The third-order valence-corrected chi connectivity index (χ3v) is 8.26.